The maximum Gasteiger partial charge on any atom is 0.416 e. The Morgan fingerprint density at radius 1 is 1.17 bits per heavy atom. The number of nitrogens with one attached hydrogen (secondary N) is 2. The average Bonchev–Trinajstić information content (AvgIpc) is 2.51. The molecule has 0 spiro atoms. The zero-order valence-corrected chi connectivity index (χ0v) is 13.7. The van der Waals surface area contributed by atoms with E-state index in [0.29, 0.717) is 6.42 Å². The molecule has 1 aromatic carbocycles. The van der Waals surface area contributed by atoms with Crippen molar-refractivity contribution in [2.45, 2.75) is 39.0 Å². The summed E-state index contributed by atoms with van der Waals surface area (Å²) in [7, 11) is 0. The molecule has 1 rings (SSSR count). The molecule has 0 heterocycles. The van der Waals surface area contributed by atoms with Gasteiger partial charge in [-0.15, -0.1) is 0 Å². The molecule has 0 radical (unpaired) electrons. The van der Waals surface area contributed by atoms with E-state index in [9.17, 15) is 27.9 Å². The van der Waals surface area contributed by atoms with Gasteiger partial charge in [-0.25, -0.2) is 0 Å². The Hall–Kier alpha value is -2.09. The monoisotopic (exact) mass is 346 g/mol. The van der Waals surface area contributed by atoms with Crippen LogP contribution in [0.15, 0.2) is 24.3 Å². The van der Waals surface area contributed by atoms with Gasteiger partial charge in [-0.05, 0) is 37.1 Å². The Morgan fingerprint density at radius 2 is 1.71 bits per heavy atom. The zero-order chi connectivity index (χ0) is 18.5. The van der Waals surface area contributed by atoms with E-state index in [1.807, 2.05) is 13.8 Å². The highest BCUT2D eigenvalue weighted by atomic mass is 19.4. The van der Waals surface area contributed by atoms with Crippen molar-refractivity contribution in [2.75, 3.05) is 11.9 Å². The number of amides is 2. The Morgan fingerprint density at radius 3 is 2.17 bits per heavy atom. The zero-order valence-electron chi connectivity index (χ0n) is 13.7. The molecule has 0 saturated heterocycles. The van der Waals surface area contributed by atoms with Crippen molar-refractivity contribution in [3.05, 3.63) is 29.8 Å². The number of carbonyl (C=O) groups excluding carboxylic acids is 2. The quantitative estimate of drug-likeness (QED) is 0.717. The molecular weight excluding hydrogens is 325 g/mol. The standard InChI is InChI=1S/C16H21F3N2O3/c1-4-10(2)15(3,24)9-20-13(22)14(23)21-12-7-5-11(6-8-12)16(17,18)19/h5-8,10,24H,4,9H2,1-3H3,(H,20,22)(H,21,23)/t10-,15-/m0/s1. The van der Waals surface area contributed by atoms with E-state index in [1.165, 1.54) is 0 Å². The summed E-state index contributed by atoms with van der Waals surface area (Å²) in [6.45, 7) is 5.14. The Kier molecular flexibility index (Phi) is 6.36. The predicted octanol–water partition coefficient (Wildman–Crippen LogP) is 2.56. The molecule has 0 saturated carbocycles. The molecule has 0 aromatic heterocycles. The molecular formula is C16H21F3N2O3. The summed E-state index contributed by atoms with van der Waals surface area (Å²) >= 11 is 0. The van der Waals surface area contributed by atoms with Crippen LogP contribution in [0.5, 0.6) is 0 Å². The second-order valence-corrected chi connectivity index (χ2v) is 5.88. The smallest absolute Gasteiger partial charge is 0.388 e. The van der Waals surface area contributed by atoms with Gasteiger partial charge in [0, 0.05) is 12.2 Å². The lowest BCUT2D eigenvalue weighted by atomic mass is 9.89. The SMILES string of the molecule is CC[C@H](C)[C@@](C)(O)CNC(=O)C(=O)Nc1ccc(C(F)(F)F)cc1. The molecule has 3 N–H and O–H groups in total. The van der Waals surface area contributed by atoms with Crippen LogP contribution < -0.4 is 10.6 Å². The third-order valence-corrected chi connectivity index (χ3v) is 3.96. The fraction of sp³-hybridized carbons (Fsp3) is 0.500. The number of anilines is 1. The van der Waals surface area contributed by atoms with E-state index in [-0.39, 0.29) is 18.2 Å². The fourth-order valence-electron chi connectivity index (χ4n) is 1.88. The molecule has 2 amide bonds. The summed E-state index contributed by atoms with van der Waals surface area (Å²) in [4.78, 5) is 23.4. The summed E-state index contributed by atoms with van der Waals surface area (Å²) in [5, 5.41) is 14.7. The largest absolute Gasteiger partial charge is 0.416 e. The summed E-state index contributed by atoms with van der Waals surface area (Å²) in [6.07, 6.45) is -3.78. The van der Waals surface area contributed by atoms with Crippen molar-refractivity contribution in [1.82, 2.24) is 5.32 Å². The number of hydrogen-bond acceptors (Lipinski definition) is 3. The first kappa shape index (κ1) is 20.0. The molecule has 0 unspecified atom stereocenters. The first-order valence-corrected chi connectivity index (χ1v) is 7.46. The number of hydrogen-bond donors (Lipinski definition) is 3. The summed E-state index contributed by atoms with van der Waals surface area (Å²) in [6, 6.07) is 3.73. The maximum absolute atomic E-state index is 12.4. The molecule has 2 atom stereocenters. The summed E-state index contributed by atoms with van der Waals surface area (Å²) in [5.74, 6) is -2.08. The predicted molar refractivity (Wildman–Crippen MR) is 83.2 cm³/mol. The number of carbonyl (C=O) groups is 2. The second-order valence-electron chi connectivity index (χ2n) is 5.88. The number of alkyl halides is 3. The van der Waals surface area contributed by atoms with Crippen molar-refractivity contribution in [3.63, 3.8) is 0 Å². The minimum atomic E-state index is -4.47. The van der Waals surface area contributed by atoms with Crippen LogP contribution in [-0.4, -0.2) is 29.1 Å². The van der Waals surface area contributed by atoms with Gasteiger partial charge >= 0.3 is 18.0 Å². The lowest BCUT2D eigenvalue weighted by molar-refractivity contribution is -0.137. The third kappa shape index (κ3) is 5.52. The van der Waals surface area contributed by atoms with Crippen LogP contribution in [0.3, 0.4) is 0 Å². The third-order valence-electron chi connectivity index (χ3n) is 3.96. The van der Waals surface area contributed by atoms with E-state index in [0.717, 1.165) is 24.3 Å². The van der Waals surface area contributed by atoms with Crippen LogP contribution >= 0.6 is 0 Å². The maximum atomic E-state index is 12.4. The normalized spacial score (nSPS) is 15.3. The van der Waals surface area contributed by atoms with E-state index >= 15 is 0 Å². The van der Waals surface area contributed by atoms with Gasteiger partial charge in [0.25, 0.3) is 0 Å². The van der Waals surface area contributed by atoms with Gasteiger partial charge in [0.2, 0.25) is 0 Å². The van der Waals surface area contributed by atoms with E-state index in [4.69, 9.17) is 0 Å². The molecule has 134 valence electrons. The van der Waals surface area contributed by atoms with Gasteiger partial charge < -0.3 is 15.7 Å². The molecule has 0 bridgehead atoms. The van der Waals surface area contributed by atoms with E-state index < -0.39 is 29.2 Å². The van der Waals surface area contributed by atoms with Crippen molar-refractivity contribution < 1.29 is 27.9 Å². The molecule has 0 aliphatic carbocycles. The topological polar surface area (TPSA) is 78.4 Å². The highest BCUT2D eigenvalue weighted by Crippen LogP contribution is 2.29. The Labute approximate surface area is 138 Å². The van der Waals surface area contributed by atoms with Crippen molar-refractivity contribution in [3.8, 4) is 0 Å². The lowest BCUT2D eigenvalue weighted by Gasteiger charge is -2.29. The molecule has 5 nitrogen and oxygen atoms in total. The number of benzene rings is 1. The van der Waals surface area contributed by atoms with Crippen LogP contribution in [0.4, 0.5) is 18.9 Å². The van der Waals surface area contributed by atoms with Gasteiger partial charge in [0.05, 0.1) is 11.2 Å². The van der Waals surface area contributed by atoms with Gasteiger partial charge in [-0.1, -0.05) is 20.3 Å². The van der Waals surface area contributed by atoms with Crippen LogP contribution in [0.2, 0.25) is 0 Å². The fourth-order valence-corrected chi connectivity index (χ4v) is 1.88. The van der Waals surface area contributed by atoms with E-state index in [2.05, 4.69) is 10.6 Å². The molecule has 8 heteroatoms. The first-order valence-electron chi connectivity index (χ1n) is 7.46. The van der Waals surface area contributed by atoms with Gasteiger partial charge in [-0.3, -0.25) is 9.59 Å². The molecule has 0 fully saturated rings. The van der Waals surface area contributed by atoms with Crippen LogP contribution in [0, 0.1) is 5.92 Å². The lowest BCUT2D eigenvalue weighted by Crippen LogP contribution is -2.47. The highest BCUT2D eigenvalue weighted by Gasteiger charge is 2.30. The van der Waals surface area contributed by atoms with Gasteiger partial charge in [0.15, 0.2) is 0 Å². The van der Waals surface area contributed by atoms with Crippen molar-refractivity contribution >= 4 is 17.5 Å². The number of aliphatic hydroxyl groups is 1. The van der Waals surface area contributed by atoms with Gasteiger partial charge in [-0.2, -0.15) is 13.2 Å². The highest BCUT2D eigenvalue weighted by molar-refractivity contribution is 6.39. The van der Waals surface area contributed by atoms with Gasteiger partial charge in [0.1, 0.15) is 0 Å². The van der Waals surface area contributed by atoms with E-state index in [1.54, 1.807) is 6.92 Å². The first-order chi connectivity index (χ1) is 11.0. The molecule has 24 heavy (non-hydrogen) atoms. The number of rotatable bonds is 5. The minimum Gasteiger partial charge on any atom is -0.388 e. The summed E-state index contributed by atoms with van der Waals surface area (Å²) < 4.78 is 37.3. The van der Waals surface area contributed by atoms with Crippen LogP contribution in [0.1, 0.15) is 32.8 Å². The molecule has 1 aromatic rings. The van der Waals surface area contributed by atoms with Crippen molar-refractivity contribution in [2.24, 2.45) is 5.92 Å². The average molecular weight is 346 g/mol. The Balaban J connectivity index is 2.60. The van der Waals surface area contributed by atoms with Crippen LogP contribution in [0.25, 0.3) is 0 Å². The Bertz CT molecular complexity index is 583. The molecule has 0 aliphatic heterocycles. The second kappa shape index (κ2) is 7.65. The molecule has 0 aliphatic rings. The summed E-state index contributed by atoms with van der Waals surface area (Å²) in [5.41, 5.74) is -1.95. The van der Waals surface area contributed by atoms with Crippen LogP contribution in [-0.2, 0) is 15.8 Å². The van der Waals surface area contributed by atoms with Crippen molar-refractivity contribution in [1.29, 1.82) is 0 Å². The minimum absolute atomic E-state index is 0.0665. The number of halogens is 3.